The minimum atomic E-state index is -1.88. The highest BCUT2D eigenvalue weighted by molar-refractivity contribution is 6.67. The number of hydrogen-bond donors (Lipinski definition) is 0. The third kappa shape index (κ3) is 7.74. The van der Waals surface area contributed by atoms with Crippen molar-refractivity contribution in [1.29, 1.82) is 0 Å². The summed E-state index contributed by atoms with van der Waals surface area (Å²) in [4.78, 5) is 12.1. The Kier molecular flexibility index (Phi) is 8.93. The first-order chi connectivity index (χ1) is 13.1. The van der Waals surface area contributed by atoms with Gasteiger partial charge in [0.1, 0.15) is 5.75 Å². The maximum absolute atomic E-state index is 5.86. The van der Waals surface area contributed by atoms with Crippen LogP contribution in [0.1, 0.15) is 49.2 Å². The number of unbranched alkanes of at least 4 members (excludes halogenated alkanes) is 2. The molecule has 0 atom stereocenters. The second-order valence-corrected chi connectivity index (χ2v) is 10.4. The molecule has 1 heterocycles. The molecule has 2 rings (SSSR count). The van der Waals surface area contributed by atoms with Gasteiger partial charge in [-0.05, 0) is 30.2 Å². The van der Waals surface area contributed by atoms with E-state index in [1.165, 1.54) is 0 Å². The van der Waals surface area contributed by atoms with E-state index in [1.54, 1.807) is 12.2 Å². The molecular formula is C18H17Cl6N3O. The summed E-state index contributed by atoms with van der Waals surface area (Å²) in [5, 5.41) is 0. The molecule has 0 radical (unpaired) electrons. The Morgan fingerprint density at radius 3 is 1.89 bits per heavy atom. The average molecular weight is 504 g/mol. The summed E-state index contributed by atoms with van der Waals surface area (Å²) in [7, 11) is 0. The van der Waals surface area contributed by atoms with Gasteiger partial charge >= 0.3 is 0 Å². The Labute approximate surface area is 194 Å². The number of alkyl halides is 6. The van der Waals surface area contributed by atoms with E-state index >= 15 is 0 Å². The van der Waals surface area contributed by atoms with Gasteiger partial charge in [0.2, 0.25) is 7.59 Å². The highest BCUT2D eigenvalue weighted by atomic mass is 35.6. The van der Waals surface area contributed by atoms with E-state index in [2.05, 4.69) is 21.9 Å². The van der Waals surface area contributed by atoms with E-state index < -0.39 is 7.59 Å². The average Bonchev–Trinajstić information content (AvgIpc) is 2.63. The van der Waals surface area contributed by atoms with Gasteiger partial charge in [0.25, 0.3) is 0 Å². The van der Waals surface area contributed by atoms with Gasteiger partial charge in [-0.1, -0.05) is 108 Å². The first-order valence-electron chi connectivity index (χ1n) is 8.41. The molecule has 2 aromatic rings. The van der Waals surface area contributed by atoms with Crippen LogP contribution in [0.2, 0.25) is 0 Å². The number of rotatable bonds is 7. The third-order valence-corrected chi connectivity index (χ3v) is 4.50. The van der Waals surface area contributed by atoms with Crippen molar-refractivity contribution in [2.24, 2.45) is 0 Å². The van der Waals surface area contributed by atoms with Gasteiger partial charge in [-0.15, -0.1) is 0 Å². The summed E-state index contributed by atoms with van der Waals surface area (Å²) in [6.45, 7) is 2.86. The number of hydrogen-bond acceptors (Lipinski definition) is 4. The van der Waals surface area contributed by atoms with Gasteiger partial charge in [-0.3, -0.25) is 0 Å². The molecule has 10 heteroatoms. The molecule has 0 fully saturated rings. The second kappa shape index (κ2) is 10.5. The first-order valence-corrected chi connectivity index (χ1v) is 10.7. The zero-order valence-electron chi connectivity index (χ0n) is 14.8. The van der Waals surface area contributed by atoms with Crippen molar-refractivity contribution in [3.63, 3.8) is 0 Å². The molecule has 0 saturated heterocycles. The highest BCUT2D eigenvalue weighted by Crippen LogP contribution is 2.40. The Bertz CT molecular complexity index is 768. The predicted molar refractivity (Wildman–Crippen MR) is 119 cm³/mol. The molecule has 4 nitrogen and oxygen atoms in total. The van der Waals surface area contributed by atoms with Crippen molar-refractivity contribution in [1.82, 2.24) is 15.0 Å². The molecule has 1 aromatic heterocycles. The zero-order valence-corrected chi connectivity index (χ0v) is 19.3. The third-order valence-electron chi connectivity index (χ3n) is 3.48. The number of ether oxygens (including phenoxy) is 1. The van der Waals surface area contributed by atoms with E-state index in [0.717, 1.165) is 30.6 Å². The normalized spacial score (nSPS) is 12.5. The van der Waals surface area contributed by atoms with Crippen molar-refractivity contribution in [2.45, 2.75) is 33.8 Å². The number of halogens is 6. The van der Waals surface area contributed by atoms with Crippen LogP contribution in [0, 0.1) is 0 Å². The molecule has 0 aliphatic heterocycles. The largest absolute Gasteiger partial charge is 0.494 e. The van der Waals surface area contributed by atoms with Gasteiger partial charge in [-0.25, -0.2) is 15.0 Å². The number of aromatic nitrogens is 3. The Hall–Kier alpha value is -0.490. The SMILES string of the molecule is CCCCCOc1ccc(/C=C/c2nc(C(Cl)(Cl)Cl)nc(C(Cl)(Cl)Cl)n2)cc1. The molecule has 0 N–H and O–H groups in total. The van der Waals surface area contributed by atoms with Crippen LogP contribution in [0.15, 0.2) is 24.3 Å². The fourth-order valence-corrected chi connectivity index (χ4v) is 2.62. The highest BCUT2D eigenvalue weighted by Gasteiger charge is 2.33. The summed E-state index contributed by atoms with van der Waals surface area (Å²) in [6.07, 6.45) is 6.73. The Balaban J connectivity index is 2.16. The minimum absolute atomic E-state index is 0.135. The second-order valence-electron chi connectivity index (χ2n) is 5.79. The van der Waals surface area contributed by atoms with Crippen molar-refractivity contribution in [2.75, 3.05) is 6.61 Å². The lowest BCUT2D eigenvalue weighted by molar-refractivity contribution is 0.306. The summed E-state index contributed by atoms with van der Waals surface area (Å²) < 4.78 is 1.92. The van der Waals surface area contributed by atoms with Crippen LogP contribution in [0.25, 0.3) is 12.2 Å². The van der Waals surface area contributed by atoms with Crippen molar-refractivity contribution >= 4 is 81.8 Å². The summed E-state index contributed by atoms with van der Waals surface area (Å²) in [5.41, 5.74) is 0.896. The fourth-order valence-electron chi connectivity index (χ4n) is 2.11. The van der Waals surface area contributed by atoms with E-state index in [1.807, 2.05) is 24.3 Å². The monoisotopic (exact) mass is 501 g/mol. The van der Waals surface area contributed by atoms with Crippen LogP contribution in [0.3, 0.4) is 0 Å². The fraction of sp³-hybridized carbons (Fsp3) is 0.389. The molecule has 152 valence electrons. The van der Waals surface area contributed by atoms with Crippen LogP contribution in [-0.2, 0) is 7.59 Å². The maximum atomic E-state index is 5.86. The molecule has 0 aliphatic carbocycles. The Morgan fingerprint density at radius 2 is 1.39 bits per heavy atom. The lowest BCUT2D eigenvalue weighted by Gasteiger charge is -2.14. The number of nitrogens with zero attached hydrogens (tertiary/aromatic N) is 3. The lowest BCUT2D eigenvalue weighted by Crippen LogP contribution is -2.16. The van der Waals surface area contributed by atoms with Crippen LogP contribution in [0.4, 0.5) is 0 Å². The molecule has 0 bridgehead atoms. The summed E-state index contributed by atoms with van der Waals surface area (Å²) >= 11 is 35.2. The van der Waals surface area contributed by atoms with Gasteiger partial charge < -0.3 is 4.74 Å². The summed E-state index contributed by atoms with van der Waals surface area (Å²) in [5.74, 6) is 0.733. The lowest BCUT2D eigenvalue weighted by atomic mass is 10.2. The summed E-state index contributed by atoms with van der Waals surface area (Å²) in [6, 6.07) is 7.58. The van der Waals surface area contributed by atoms with E-state index in [9.17, 15) is 0 Å². The molecule has 0 saturated carbocycles. The van der Waals surface area contributed by atoms with E-state index in [-0.39, 0.29) is 17.5 Å². The van der Waals surface area contributed by atoms with Crippen molar-refractivity contribution < 1.29 is 4.74 Å². The number of benzene rings is 1. The quantitative estimate of drug-likeness (QED) is 0.294. The predicted octanol–water partition coefficient (Wildman–Crippen LogP) is 7.26. The van der Waals surface area contributed by atoms with Crippen LogP contribution in [0.5, 0.6) is 5.75 Å². The van der Waals surface area contributed by atoms with Crippen LogP contribution < -0.4 is 4.74 Å². The van der Waals surface area contributed by atoms with E-state index in [4.69, 9.17) is 74.3 Å². The van der Waals surface area contributed by atoms with Crippen LogP contribution in [-0.4, -0.2) is 21.6 Å². The van der Waals surface area contributed by atoms with Gasteiger partial charge in [0, 0.05) is 0 Å². The molecule has 0 aliphatic rings. The zero-order chi connectivity index (χ0) is 20.8. The van der Waals surface area contributed by atoms with Gasteiger partial charge in [0.15, 0.2) is 17.5 Å². The standard InChI is InChI=1S/C18H17Cl6N3O/c1-2-3-4-11-28-13-8-5-12(6-9-13)7-10-14-25-15(17(19,20)21)27-16(26-14)18(22,23)24/h5-10H,2-4,11H2,1H3/b10-7+. The smallest absolute Gasteiger partial charge is 0.250 e. The molecular weight excluding hydrogens is 487 g/mol. The van der Waals surface area contributed by atoms with Crippen molar-refractivity contribution in [3.05, 3.63) is 47.3 Å². The van der Waals surface area contributed by atoms with Crippen LogP contribution >= 0.6 is 69.6 Å². The molecule has 28 heavy (non-hydrogen) atoms. The minimum Gasteiger partial charge on any atom is -0.494 e. The molecule has 0 amide bonds. The van der Waals surface area contributed by atoms with E-state index in [0.29, 0.717) is 6.61 Å². The molecule has 0 unspecified atom stereocenters. The van der Waals surface area contributed by atoms with Gasteiger partial charge in [-0.2, -0.15) is 0 Å². The van der Waals surface area contributed by atoms with Crippen molar-refractivity contribution in [3.8, 4) is 5.75 Å². The molecule has 0 spiro atoms. The Morgan fingerprint density at radius 1 is 0.821 bits per heavy atom. The maximum Gasteiger partial charge on any atom is 0.250 e. The molecule has 1 aromatic carbocycles. The first kappa shape index (κ1) is 23.8. The topological polar surface area (TPSA) is 47.9 Å². The van der Waals surface area contributed by atoms with Gasteiger partial charge in [0.05, 0.1) is 6.61 Å².